The maximum atomic E-state index is 12.1. The van der Waals surface area contributed by atoms with Crippen LogP contribution in [0.2, 0.25) is 0 Å². The molecule has 0 aliphatic rings. The maximum Gasteiger partial charge on any atom is 0.355 e. The van der Waals surface area contributed by atoms with Crippen LogP contribution in [0.3, 0.4) is 0 Å². The van der Waals surface area contributed by atoms with Gasteiger partial charge in [-0.1, -0.05) is 31.5 Å². The third kappa shape index (κ3) is 3.21. The fourth-order valence-electron chi connectivity index (χ4n) is 1.78. The number of aromatic nitrogens is 1. The number of amides is 1. The number of para-hydroxylation sites is 1. The van der Waals surface area contributed by atoms with Crippen molar-refractivity contribution in [2.45, 2.75) is 19.8 Å². The van der Waals surface area contributed by atoms with E-state index in [4.69, 9.17) is 5.11 Å². The number of carbonyl (C=O) groups excluding carboxylic acids is 1. The van der Waals surface area contributed by atoms with Crippen LogP contribution in [0, 0.1) is 0 Å². The summed E-state index contributed by atoms with van der Waals surface area (Å²) in [5, 5.41) is 13.1. The second-order valence-electron chi connectivity index (χ2n) is 4.20. The Balaban J connectivity index is 2.16. The highest BCUT2D eigenvalue weighted by Gasteiger charge is 2.15. The lowest BCUT2D eigenvalue weighted by atomic mass is 10.1. The number of nitrogens with one attached hydrogen (secondary N) is 1. The molecule has 2 N–H and O–H groups in total. The predicted octanol–water partition coefficient (Wildman–Crippen LogP) is 3.05. The molecule has 1 aromatic carbocycles. The van der Waals surface area contributed by atoms with Crippen LogP contribution < -0.4 is 5.32 Å². The van der Waals surface area contributed by atoms with Gasteiger partial charge in [0.1, 0.15) is 0 Å². The average molecular weight is 290 g/mol. The van der Waals surface area contributed by atoms with Crippen LogP contribution in [0.5, 0.6) is 0 Å². The van der Waals surface area contributed by atoms with Crippen LogP contribution >= 0.6 is 11.3 Å². The van der Waals surface area contributed by atoms with E-state index in [0.29, 0.717) is 0 Å². The van der Waals surface area contributed by atoms with Gasteiger partial charge in [-0.2, -0.15) is 0 Å². The molecule has 0 atom stereocenters. The highest BCUT2D eigenvalue weighted by molar-refractivity contribution is 7.12. The molecule has 20 heavy (non-hydrogen) atoms. The fraction of sp³-hybridized carbons (Fsp3) is 0.214. The summed E-state index contributed by atoms with van der Waals surface area (Å²) in [4.78, 5) is 26.6. The summed E-state index contributed by atoms with van der Waals surface area (Å²) in [6.45, 7) is 2.07. The van der Waals surface area contributed by atoms with Crippen LogP contribution in [-0.4, -0.2) is 22.0 Å². The van der Waals surface area contributed by atoms with Gasteiger partial charge in [0.15, 0.2) is 10.7 Å². The zero-order valence-corrected chi connectivity index (χ0v) is 11.7. The van der Waals surface area contributed by atoms with Crippen LogP contribution in [0.25, 0.3) is 0 Å². The van der Waals surface area contributed by atoms with E-state index in [1.807, 2.05) is 24.3 Å². The van der Waals surface area contributed by atoms with Gasteiger partial charge < -0.3 is 10.4 Å². The molecule has 1 amide bonds. The Labute approximate surface area is 120 Å². The van der Waals surface area contributed by atoms with Gasteiger partial charge in [0.05, 0.1) is 0 Å². The first-order chi connectivity index (χ1) is 9.61. The van der Waals surface area contributed by atoms with Crippen molar-refractivity contribution in [3.8, 4) is 0 Å². The summed E-state index contributed by atoms with van der Waals surface area (Å²) in [5.74, 6) is -1.52. The lowest BCUT2D eigenvalue weighted by molar-refractivity contribution is 0.0691. The van der Waals surface area contributed by atoms with E-state index in [0.717, 1.165) is 35.4 Å². The van der Waals surface area contributed by atoms with Crippen molar-refractivity contribution in [3.05, 3.63) is 45.9 Å². The van der Waals surface area contributed by atoms with Gasteiger partial charge >= 0.3 is 5.97 Å². The van der Waals surface area contributed by atoms with Crippen molar-refractivity contribution in [2.75, 3.05) is 5.32 Å². The number of thiazole rings is 1. The monoisotopic (exact) mass is 290 g/mol. The molecule has 1 aromatic heterocycles. The second kappa shape index (κ2) is 6.29. The number of hydrogen-bond donors (Lipinski definition) is 2. The quantitative estimate of drug-likeness (QED) is 0.887. The highest BCUT2D eigenvalue weighted by atomic mass is 32.1. The fourth-order valence-corrected chi connectivity index (χ4v) is 2.47. The minimum atomic E-state index is -1.13. The van der Waals surface area contributed by atoms with E-state index in [9.17, 15) is 9.59 Å². The van der Waals surface area contributed by atoms with Gasteiger partial charge in [0.25, 0.3) is 5.91 Å². The van der Waals surface area contributed by atoms with Crippen LogP contribution in [0.15, 0.2) is 29.6 Å². The molecule has 104 valence electrons. The normalized spacial score (nSPS) is 10.2. The van der Waals surface area contributed by atoms with E-state index in [1.54, 1.807) is 0 Å². The number of carbonyl (C=O) groups is 2. The number of rotatable bonds is 5. The Morgan fingerprint density at radius 2 is 2.10 bits per heavy atom. The summed E-state index contributed by atoms with van der Waals surface area (Å²) in [6.07, 6.45) is 1.85. The van der Waals surface area contributed by atoms with Crippen molar-refractivity contribution in [1.29, 1.82) is 0 Å². The number of carboxylic acids is 1. The molecular weight excluding hydrogens is 276 g/mol. The van der Waals surface area contributed by atoms with Crippen LogP contribution in [0.4, 0.5) is 5.69 Å². The lowest BCUT2D eigenvalue weighted by Gasteiger charge is -2.08. The molecule has 2 rings (SSSR count). The number of hydrogen-bond acceptors (Lipinski definition) is 4. The average Bonchev–Trinajstić information content (AvgIpc) is 2.91. The molecule has 0 saturated heterocycles. The topological polar surface area (TPSA) is 79.3 Å². The van der Waals surface area contributed by atoms with Crippen molar-refractivity contribution >= 4 is 28.9 Å². The van der Waals surface area contributed by atoms with E-state index in [-0.39, 0.29) is 16.6 Å². The number of anilines is 1. The molecule has 2 aromatic rings. The van der Waals surface area contributed by atoms with Crippen molar-refractivity contribution < 1.29 is 14.7 Å². The molecule has 1 heterocycles. The first-order valence-corrected chi connectivity index (χ1v) is 7.08. The number of aryl methyl sites for hydroxylation is 1. The molecule has 0 aliphatic heterocycles. The lowest BCUT2D eigenvalue weighted by Crippen LogP contribution is -2.13. The Bertz CT molecular complexity index is 637. The molecule has 0 radical (unpaired) electrons. The van der Waals surface area contributed by atoms with Gasteiger partial charge in [0, 0.05) is 11.1 Å². The molecule has 0 spiro atoms. The molecule has 0 bridgehead atoms. The molecule has 0 aliphatic carbocycles. The maximum absolute atomic E-state index is 12.1. The highest BCUT2D eigenvalue weighted by Crippen LogP contribution is 2.19. The molecule has 0 saturated carbocycles. The summed E-state index contributed by atoms with van der Waals surface area (Å²) in [5.41, 5.74) is 1.69. The minimum Gasteiger partial charge on any atom is -0.476 e. The van der Waals surface area contributed by atoms with Crippen LogP contribution in [0.1, 0.15) is 39.2 Å². The number of nitrogens with zero attached hydrogens (tertiary/aromatic N) is 1. The summed E-state index contributed by atoms with van der Waals surface area (Å²) in [6, 6.07) is 7.56. The van der Waals surface area contributed by atoms with Gasteiger partial charge in [-0.3, -0.25) is 4.79 Å². The van der Waals surface area contributed by atoms with Crippen LogP contribution in [-0.2, 0) is 6.42 Å². The minimum absolute atomic E-state index is 0.109. The van der Waals surface area contributed by atoms with Gasteiger partial charge in [-0.25, -0.2) is 9.78 Å². The van der Waals surface area contributed by atoms with E-state index >= 15 is 0 Å². The van der Waals surface area contributed by atoms with E-state index in [1.165, 1.54) is 5.38 Å². The van der Waals surface area contributed by atoms with E-state index < -0.39 is 5.97 Å². The van der Waals surface area contributed by atoms with Gasteiger partial charge in [0.2, 0.25) is 0 Å². The zero-order valence-electron chi connectivity index (χ0n) is 10.9. The second-order valence-corrected chi connectivity index (χ2v) is 5.06. The van der Waals surface area contributed by atoms with Crippen molar-refractivity contribution in [3.63, 3.8) is 0 Å². The Morgan fingerprint density at radius 1 is 1.35 bits per heavy atom. The smallest absolute Gasteiger partial charge is 0.355 e. The largest absolute Gasteiger partial charge is 0.476 e. The molecular formula is C14H14N2O3S. The predicted molar refractivity (Wildman–Crippen MR) is 77.5 cm³/mol. The Kier molecular flexibility index (Phi) is 4.47. The Morgan fingerprint density at radius 3 is 2.75 bits per heavy atom. The van der Waals surface area contributed by atoms with Gasteiger partial charge in [-0.15, -0.1) is 11.3 Å². The summed E-state index contributed by atoms with van der Waals surface area (Å²) in [7, 11) is 0. The van der Waals surface area contributed by atoms with Crippen molar-refractivity contribution in [1.82, 2.24) is 4.98 Å². The first-order valence-electron chi connectivity index (χ1n) is 6.20. The molecule has 0 fully saturated rings. The van der Waals surface area contributed by atoms with E-state index in [2.05, 4.69) is 17.2 Å². The molecule has 0 unspecified atom stereocenters. The summed E-state index contributed by atoms with van der Waals surface area (Å²) < 4.78 is 0. The SMILES string of the molecule is CCCc1ccccc1NC(=O)c1nc(C(=O)O)cs1. The number of aromatic carboxylic acids is 1. The Hall–Kier alpha value is -2.21. The third-order valence-electron chi connectivity index (χ3n) is 2.70. The standard InChI is InChI=1S/C14H14N2O3S/c1-2-5-9-6-3-4-7-10(9)15-12(17)13-16-11(8-20-13)14(18)19/h3-4,6-8H,2,5H2,1H3,(H,15,17)(H,18,19). The van der Waals surface area contributed by atoms with Gasteiger partial charge in [-0.05, 0) is 18.1 Å². The third-order valence-corrected chi connectivity index (χ3v) is 3.54. The first kappa shape index (κ1) is 14.2. The summed E-state index contributed by atoms with van der Waals surface area (Å²) >= 11 is 1.02. The molecule has 6 heteroatoms. The number of benzene rings is 1. The molecule has 5 nitrogen and oxygen atoms in total. The zero-order chi connectivity index (χ0) is 14.5. The van der Waals surface area contributed by atoms with Crippen molar-refractivity contribution in [2.24, 2.45) is 0 Å². The number of carboxylic acid groups (broad SMARTS) is 1.